The third kappa shape index (κ3) is 3.81. The van der Waals surface area contributed by atoms with Gasteiger partial charge in [0.2, 0.25) is 0 Å². The summed E-state index contributed by atoms with van der Waals surface area (Å²) in [5, 5.41) is 7.07. The Balaban J connectivity index is 2.18. The average molecular weight is 314 g/mol. The van der Waals surface area contributed by atoms with E-state index in [-0.39, 0.29) is 11.9 Å². The molecule has 0 bridgehead atoms. The molecule has 0 radical (unpaired) electrons. The smallest absolute Gasteiger partial charge is 0.257 e. The summed E-state index contributed by atoms with van der Waals surface area (Å²) >= 11 is 0. The third-order valence-electron chi connectivity index (χ3n) is 4.21. The molecule has 2 rings (SSSR count). The molecule has 1 N–H and O–H groups in total. The molecule has 4 heteroatoms. The lowest BCUT2D eigenvalue weighted by atomic mass is 9.97. The van der Waals surface area contributed by atoms with Crippen LogP contribution in [0.2, 0.25) is 0 Å². The number of carbonyl (C=O) groups excluding carboxylic acids is 1. The zero-order chi connectivity index (χ0) is 17.0. The van der Waals surface area contributed by atoms with Crippen LogP contribution in [-0.4, -0.2) is 11.1 Å². The van der Waals surface area contributed by atoms with E-state index >= 15 is 0 Å². The van der Waals surface area contributed by atoms with Gasteiger partial charge in [-0.15, -0.1) is 0 Å². The second-order valence-corrected chi connectivity index (χ2v) is 6.17. The van der Waals surface area contributed by atoms with Gasteiger partial charge in [-0.2, -0.15) is 0 Å². The highest BCUT2D eigenvalue weighted by Gasteiger charge is 2.22. The van der Waals surface area contributed by atoms with Gasteiger partial charge in [-0.25, -0.2) is 0 Å². The van der Waals surface area contributed by atoms with Crippen LogP contribution in [0.5, 0.6) is 0 Å². The number of hydrogen-bond acceptors (Lipinski definition) is 3. The van der Waals surface area contributed by atoms with Crippen LogP contribution in [0, 0.1) is 6.92 Å². The minimum absolute atomic E-state index is 0.0114. The third-order valence-corrected chi connectivity index (χ3v) is 4.21. The van der Waals surface area contributed by atoms with Crippen LogP contribution in [0.3, 0.4) is 0 Å². The summed E-state index contributed by atoms with van der Waals surface area (Å²) < 4.78 is 5.16. The number of hydrogen-bond donors (Lipinski definition) is 1. The fourth-order valence-corrected chi connectivity index (χ4v) is 2.72. The number of aryl methyl sites for hydroxylation is 2. The zero-order valence-electron chi connectivity index (χ0n) is 14.6. The zero-order valence-corrected chi connectivity index (χ0v) is 14.6. The summed E-state index contributed by atoms with van der Waals surface area (Å²) in [4.78, 5) is 12.6. The molecule has 4 nitrogen and oxygen atoms in total. The van der Waals surface area contributed by atoms with Crippen molar-refractivity contribution in [2.75, 3.05) is 0 Å². The van der Waals surface area contributed by atoms with Crippen molar-refractivity contribution in [3.63, 3.8) is 0 Å². The van der Waals surface area contributed by atoms with Crippen LogP contribution in [0.1, 0.15) is 79.0 Å². The molecule has 1 heterocycles. The Morgan fingerprint density at radius 1 is 1.17 bits per heavy atom. The van der Waals surface area contributed by atoms with Crippen LogP contribution in [0.15, 0.2) is 28.8 Å². The molecule has 0 saturated heterocycles. The molecule has 1 atom stereocenters. The predicted octanol–water partition coefficient (Wildman–Crippen LogP) is 4.55. The summed E-state index contributed by atoms with van der Waals surface area (Å²) in [6, 6.07) is 8.46. The Morgan fingerprint density at radius 2 is 1.78 bits per heavy atom. The van der Waals surface area contributed by atoms with Gasteiger partial charge >= 0.3 is 0 Å². The highest BCUT2D eigenvalue weighted by Crippen LogP contribution is 2.22. The number of amides is 1. The first-order chi connectivity index (χ1) is 11.0. The number of carbonyl (C=O) groups is 1. The second-order valence-electron chi connectivity index (χ2n) is 6.17. The Labute approximate surface area is 138 Å². The molecular weight excluding hydrogens is 288 g/mol. The Hall–Kier alpha value is -2.10. The number of nitrogens with one attached hydrogen (secondary N) is 1. The molecule has 0 fully saturated rings. The molecular formula is C19H26N2O2. The van der Waals surface area contributed by atoms with E-state index in [0.29, 0.717) is 29.4 Å². The maximum Gasteiger partial charge on any atom is 0.257 e. The van der Waals surface area contributed by atoms with Gasteiger partial charge in [0.1, 0.15) is 11.3 Å². The Morgan fingerprint density at radius 3 is 2.30 bits per heavy atom. The summed E-state index contributed by atoms with van der Waals surface area (Å²) in [5.41, 5.74) is 3.71. The largest absolute Gasteiger partial charge is 0.361 e. The maximum atomic E-state index is 12.6. The van der Waals surface area contributed by atoms with E-state index < -0.39 is 0 Å². The Bertz CT molecular complexity index is 657. The van der Waals surface area contributed by atoms with E-state index in [2.05, 4.69) is 55.5 Å². The van der Waals surface area contributed by atoms with Crippen molar-refractivity contribution in [2.45, 2.75) is 59.4 Å². The molecule has 23 heavy (non-hydrogen) atoms. The van der Waals surface area contributed by atoms with E-state index in [9.17, 15) is 4.79 Å². The van der Waals surface area contributed by atoms with Gasteiger partial charge in [-0.05, 0) is 36.8 Å². The van der Waals surface area contributed by atoms with E-state index in [0.717, 1.165) is 12.0 Å². The van der Waals surface area contributed by atoms with Crippen LogP contribution in [-0.2, 0) is 6.42 Å². The summed E-state index contributed by atoms with van der Waals surface area (Å²) in [6.07, 6.45) is 1.51. The van der Waals surface area contributed by atoms with Gasteiger partial charge in [-0.1, -0.05) is 57.1 Å². The highest BCUT2D eigenvalue weighted by atomic mass is 16.5. The fourth-order valence-electron chi connectivity index (χ4n) is 2.72. The summed E-state index contributed by atoms with van der Waals surface area (Å²) in [6.45, 7) is 10.2. The lowest BCUT2D eigenvalue weighted by Crippen LogP contribution is -2.29. The van der Waals surface area contributed by atoms with E-state index in [1.54, 1.807) is 6.92 Å². The van der Waals surface area contributed by atoms with E-state index in [4.69, 9.17) is 4.52 Å². The van der Waals surface area contributed by atoms with E-state index in [1.807, 2.05) is 6.92 Å². The topological polar surface area (TPSA) is 55.1 Å². The fraction of sp³-hybridized carbons (Fsp3) is 0.474. The minimum atomic E-state index is -0.111. The lowest BCUT2D eigenvalue weighted by molar-refractivity contribution is 0.0933. The maximum absolute atomic E-state index is 12.6. The second kappa shape index (κ2) is 7.44. The van der Waals surface area contributed by atoms with Crippen LogP contribution in [0.4, 0.5) is 0 Å². The van der Waals surface area contributed by atoms with Crippen molar-refractivity contribution in [2.24, 2.45) is 0 Å². The summed E-state index contributed by atoms with van der Waals surface area (Å²) in [7, 11) is 0. The molecule has 1 aromatic carbocycles. The molecule has 0 unspecified atom stereocenters. The van der Waals surface area contributed by atoms with Crippen LogP contribution < -0.4 is 5.32 Å². The molecule has 1 amide bonds. The molecule has 1 aromatic heterocycles. The molecule has 0 aliphatic carbocycles. The van der Waals surface area contributed by atoms with Gasteiger partial charge in [-0.3, -0.25) is 4.79 Å². The number of benzene rings is 1. The van der Waals surface area contributed by atoms with Crippen LogP contribution in [0.25, 0.3) is 0 Å². The molecule has 2 aromatic rings. The van der Waals surface area contributed by atoms with Gasteiger partial charge < -0.3 is 9.84 Å². The predicted molar refractivity (Wildman–Crippen MR) is 91.6 cm³/mol. The number of nitrogens with zero attached hydrogens (tertiary/aromatic N) is 1. The SMILES string of the molecule is CCc1noc(C)c1C(=O)N[C@H](CC)c1ccc(C(C)C)cc1. The van der Waals surface area contributed by atoms with Crippen molar-refractivity contribution in [3.05, 3.63) is 52.4 Å². The molecule has 0 aliphatic heterocycles. The normalized spacial score (nSPS) is 12.4. The molecule has 0 spiro atoms. The van der Waals surface area contributed by atoms with Crippen molar-refractivity contribution in [1.29, 1.82) is 0 Å². The average Bonchev–Trinajstić information content (AvgIpc) is 2.93. The highest BCUT2D eigenvalue weighted by molar-refractivity contribution is 5.96. The van der Waals surface area contributed by atoms with Crippen molar-refractivity contribution in [1.82, 2.24) is 10.5 Å². The quantitative estimate of drug-likeness (QED) is 0.851. The van der Waals surface area contributed by atoms with Gasteiger partial charge in [0.25, 0.3) is 5.91 Å². The van der Waals surface area contributed by atoms with Crippen molar-refractivity contribution < 1.29 is 9.32 Å². The molecule has 0 aliphatic rings. The monoisotopic (exact) mass is 314 g/mol. The standard InChI is InChI=1S/C19H26N2O2/c1-6-16(15-10-8-14(9-11-15)12(3)4)20-19(22)18-13(5)23-21-17(18)7-2/h8-12,16H,6-7H2,1-5H3,(H,20,22)/t16-/m1/s1. The number of aromatic nitrogens is 1. The van der Waals surface area contributed by atoms with Crippen molar-refractivity contribution >= 4 is 5.91 Å². The first-order valence-electron chi connectivity index (χ1n) is 8.33. The first-order valence-corrected chi connectivity index (χ1v) is 8.33. The molecule has 124 valence electrons. The van der Waals surface area contributed by atoms with Gasteiger partial charge in [0.15, 0.2) is 0 Å². The summed E-state index contributed by atoms with van der Waals surface area (Å²) in [5.74, 6) is 0.968. The van der Waals surface area contributed by atoms with Crippen LogP contribution >= 0.6 is 0 Å². The van der Waals surface area contributed by atoms with Crippen molar-refractivity contribution in [3.8, 4) is 0 Å². The van der Waals surface area contributed by atoms with Gasteiger partial charge in [0, 0.05) is 0 Å². The van der Waals surface area contributed by atoms with Gasteiger partial charge in [0.05, 0.1) is 11.7 Å². The first kappa shape index (κ1) is 17.3. The Kier molecular flexibility index (Phi) is 5.59. The number of rotatable bonds is 6. The minimum Gasteiger partial charge on any atom is -0.361 e. The molecule has 0 saturated carbocycles. The lowest BCUT2D eigenvalue weighted by Gasteiger charge is -2.18. The van der Waals surface area contributed by atoms with E-state index in [1.165, 1.54) is 5.56 Å².